The van der Waals surface area contributed by atoms with E-state index in [0.29, 0.717) is 6.61 Å². The fourth-order valence-corrected chi connectivity index (χ4v) is 6.04. The molecule has 1 aromatic carbocycles. The van der Waals surface area contributed by atoms with Crippen molar-refractivity contribution >= 4 is 56.7 Å². The lowest BCUT2D eigenvalue weighted by Crippen LogP contribution is -2.31. The quantitative estimate of drug-likeness (QED) is 0.283. The van der Waals surface area contributed by atoms with E-state index in [1.807, 2.05) is 24.5 Å². The molecule has 3 nitrogen and oxygen atoms in total. The number of ether oxygens (including phenoxy) is 1. The van der Waals surface area contributed by atoms with Gasteiger partial charge in [-0.15, -0.1) is 23.1 Å². The largest absolute Gasteiger partial charge is 0.370 e. The highest BCUT2D eigenvalue weighted by atomic mass is 35.5. The maximum Gasteiger partial charge on any atom is 0.189 e. The molecular weight excluding hydrogens is 404 g/mol. The summed E-state index contributed by atoms with van der Waals surface area (Å²) in [6, 6.07) is 8.00. The van der Waals surface area contributed by atoms with Gasteiger partial charge in [0.1, 0.15) is 9.86 Å². The van der Waals surface area contributed by atoms with Gasteiger partial charge in [0, 0.05) is 27.5 Å². The van der Waals surface area contributed by atoms with Gasteiger partial charge in [-0.25, -0.2) is 9.97 Å². The molecule has 7 heteroatoms. The predicted molar refractivity (Wildman–Crippen MR) is 113 cm³/mol. The van der Waals surface area contributed by atoms with Crippen molar-refractivity contribution in [2.45, 2.75) is 48.4 Å². The number of fused-ring (bicyclic) bond motifs is 3. The van der Waals surface area contributed by atoms with Crippen molar-refractivity contribution in [1.29, 1.82) is 0 Å². The Balaban J connectivity index is 1.77. The van der Waals surface area contributed by atoms with Gasteiger partial charge in [0.25, 0.3) is 0 Å². The predicted octanol–water partition coefficient (Wildman–Crippen LogP) is 6.21. The highest BCUT2D eigenvalue weighted by Crippen LogP contribution is 2.43. The minimum Gasteiger partial charge on any atom is -0.370 e. The number of thioether (sulfide) groups is 2. The van der Waals surface area contributed by atoms with E-state index in [1.54, 1.807) is 34.9 Å². The van der Waals surface area contributed by atoms with Crippen LogP contribution >= 0.6 is 46.5 Å². The van der Waals surface area contributed by atoms with E-state index in [1.165, 1.54) is 15.8 Å². The first-order valence-electron chi connectivity index (χ1n) is 8.33. The maximum absolute atomic E-state index is 6.33. The van der Waals surface area contributed by atoms with Crippen LogP contribution in [0.5, 0.6) is 0 Å². The van der Waals surface area contributed by atoms with Crippen LogP contribution in [0.4, 0.5) is 0 Å². The zero-order valence-electron chi connectivity index (χ0n) is 14.8. The maximum atomic E-state index is 6.33. The van der Waals surface area contributed by atoms with Crippen molar-refractivity contribution in [2.75, 3.05) is 6.26 Å². The Morgan fingerprint density at radius 2 is 2.08 bits per heavy atom. The van der Waals surface area contributed by atoms with Gasteiger partial charge in [0.05, 0.1) is 12.2 Å². The zero-order chi connectivity index (χ0) is 18.3. The summed E-state index contributed by atoms with van der Waals surface area (Å²) < 4.78 is 6.00. The molecule has 0 spiro atoms. The van der Waals surface area contributed by atoms with Crippen LogP contribution in [0, 0.1) is 0 Å². The smallest absolute Gasteiger partial charge is 0.189 e. The lowest BCUT2D eigenvalue weighted by Gasteiger charge is -2.30. The molecule has 3 heterocycles. The Hall–Kier alpha value is -0.790. The van der Waals surface area contributed by atoms with Crippen LogP contribution in [-0.2, 0) is 23.5 Å². The van der Waals surface area contributed by atoms with Crippen molar-refractivity contribution in [3.63, 3.8) is 0 Å². The number of thiophene rings is 1. The number of benzene rings is 1. The van der Waals surface area contributed by atoms with Crippen molar-refractivity contribution < 1.29 is 4.74 Å². The molecule has 4 rings (SSSR count). The van der Waals surface area contributed by atoms with Crippen molar-refractivity contribution in [1.82, 2.24) is 9.97 Å². The first-order valence-corrected chi connectivity index (χ1v) is 11.7. The van der Waals surface area contributed by atoms with E-state index < -0.39 is 0 Å². The molecule has 0 N–H and O–H groups in total. The molecule has 3 aromatic rings. The fourth-order valence-electron chi connectivity index (χ4n) is 3.05. The number of hydrogen-bond donors (Lipinski definition) is 0. The van der Waals surface area contributed by atoms with Gasteiger partial charge in [-0.3, -0.25) is 0 Å². The summed E-state index contributed by atoms with van der Waals surface area (Å²) in [5.41, 5.74) is 2.34. The lowest BCUT2D eigenvalue weighted by atomic mass is 9.95. The Morgan fingerprint density at radius 1 is 1.27 bits per heavy atom. The van der Waals surface area contributed by atoms with Gasteiger partial charge < -0.3 is 4.74 Å². The second-order valence-electron chi connectivity index (χ2n) is 6.80. The molecule has 0 atom stereocenters. The van der Waals surface area contributed by atoms with Crippen LogP contribution in [0.3, 0.4) is 0 Å². The van der Waals surface area contributed by atoms with Gasteiger partial charge >= 0.3 is 0 Å². The average molecular weight is 423 g/mol. The minimum atomic E-state index is -0.149. The number of aromatic nitrogens is 2. The molecule has 0 saturated heterocycles. The molecule has 0 saturated carbocycles. The fraction of sp³-hybridized carbons (Fsp3) is 0.368. The van der Waals surface area contributed by atoms with E-state index in [9.17, 15) is 0 Å². The number of rotatable bonds is 4. The first-order chi connectivity index (χ1) is 12.5. The van der Waals surface area contributed by atoms with Gasteiger partial charge in [0.2, 0.25) is 0 Å². The third kappa shape index (κ3) is 3.62. The topological polar surface area (TPSA) is 35.0 Å². The standard InChI is InChI=1S/C19H19ClN2OS3/c1-19(2)8-12-14(9-23-19)26-17-15(12)16(21-18(22-17)24-3)25-10-11-6-4-5-7-13(11)20/h4-7H,8-10H2,1-3H3. The van der Waals surface area contributed by atoms with Crippen LogP contribution in [0.15, 0.2) is 34.4 Å². The highest BCUT2D eigenvalue weighted by molar-refractivity contribution is 7.99. The third-order valence-electron chi connectivity index (χ3n) is 4.38. The van der Waals surface area contributed by atoms with E-state index in [-0.39, 0.29) is 5.60 Å². The minimum absolute atomic E-state index is 0.149. The van der Waals surface area contributed by atoms with E-state index in [0.717, 1.165) is 37.8 Å². The molecule has 1 aliphatic heterocycles. The summed E-state index contributed by atoms with van der Waals surface area (Å²) in [5, 5.41) is 3.88. The molecule has 26 heavy (non-hydrogen) atoms. The van der Waals surface area contributed by atoms with Crippen LogP contribution in [0.2, 0.25) is 5.02 Å². The van der Waals surface area contributed by atoms with Gasteiger partial charge in [-0.1, -0.05) is 41.6 Å². The summed E-state index contributed by atoms with van der Waals surface area (Å²) in [6.07, 6.45) is 2.91. The second kappa shape index (κ2) is 7.32. The molecule has 0 bridgehead atoms. The molecular formula is C19H19ClN2OS3. The summed E-state index contributed by atoms with van der Waals surface area (Å²) in [6.45, 7) is 4.95. The van der Waals surface area contributed by atoms with Crippen LogP contribution in [-0.4, -0.2) is 21.8 Å². The number of halogens is 1. The highest BCUT2D eigenvalue weighted by Gasteiger charge is 2.31. The number of nitrogens with zero attached hydrogens (tertiary/aromatic N) is 2. The molecule has 2 aromatic heterocycles. The summed E-state index contributed by atoms with van der Waals surface area (Å²) in [7, 11) is 0. The van der Waals surface area contributed by atoms with E-state index in [4.69, 9.17) is 26.3 Å². The van der Waals surface area contributed by atoms with E-state index >= 15 is 0 Å². The molecule has 0 unspecified atom stereocenters. The number of hydrogen-bond acceptors (Lipinski definition) is 6. The van der Waals surface area contributed by atoms with Crippen molar-refractivity contribution in [2.24, 2.45) is 0 Å². The summed E-state index contributed by atoms with van der Waals surface area (Å²) in [5.74, 6) is 0.796. The molecule has 0 amide bonds. The van der Waals surface area contributed by atoms with Crippen LogP contribution < -0.4 is 0 Å². The summed E-state index contributed by atoms with van der Waals surface area (Å²) >= 11 is 11.4. The second-order valence-corrected chi connectivity index (χ2v) is 10.0. The SMILES string of the molecule is CSc1nc(SCc2ccccc2Cl)c2c3c(sc2n1)COC(C)(C)C3. The Morgan fingerprint density at radius 3 is 2.85 bits per heavy atom. The Labute approximate surface area is 170 Å². The van der Waals surface area contributed by atoms with Crippen LogP contribution in [0.1, 0.15) is 29.9 Å². The van der Waals surface area contributed by atoms with Gasteiger partial charge in [-0.05, 0) is 37.3 Å². The third-order valence-corrected chi connectivity index (χ3v) is 7.42. The lowest BCUT2D eigenvalue weighted by molar-refractivity contribution is -0.0379. The molecule has 0 fully saturated rings. The van der Waals surface area contributed by atoms with E-state index in [2.05, 4.69) is 19.9 Å². The Kier molecular flexibility index (Phi) is 5.23. The van der Waals surface area contributed by atoms with Crippen molar-refractivity contribution in [3.05, 3.63) is 45.3 Å². The van der Waals surface area contributed by atoms with Crippen molar-refractivity contribution in [3.8, 4) is 0 Å². The summed E-state index contributed by atoms with van der Waals surface area (Å²) in [4.78, 5) is 11.9. The van der Waals surface area contributed by atoms with Gasteiger partial charge in [0.15, 0.2) is 5.16 Å². The normalized spacial score (nSPS) is 16.0. The molecule has 136 valence electrons. The molecule has 0 aliphatic carbocycles. The average Bonchev–Trinajstić information content (AvgIpc) is 2.97. The van der Waals surface area contributed by atoms with Crippen LogP contribution in [0.25, 0.3) is 10.2 Å². The monoisotopic (exact) mass is 422 g/mol. The Bertz CT molecular complexity index is 971. The molecule has 0 radical (unpaired) electrons. The van der Waals surface area contributed by atoms with Gasteiger partial charge in [-0.2, -0.15) is 0 Å². The molecule has 1 aliphatic rings. The first kappa shape index (κ1) is 18.6. The zero-order valence-corrected chi connectivity index (χ0v) is 18.0.